The zero-order valence-corrected chi connectivity index (χ0v) is 14.4. The first kappa shape index (κ1) is 18.2. The van der Waals surface area contributed by atoms with E-state index in [0.29, 0.717) is 11.6 Å². The van der Waals surface area contributed by atoms with Gasteiger partial charge in [-0.05, 0) is 30.9 Å². The number of anilines is 1. The van der Waals surface area contributed by atoms with Crippen molar-refractivity contribution in [2.24, 2.45) is 5.92 Å². The smallest absolute Gasteiger partial charge is 0.315 e. The van der Waals surface area contributed by atoms with Crippen LogP contribution in [0.3, 0.4) is 0 Å². The van der Waals surface area contributed by atoms with Gasteiger partial charge in [-0.15, -0.1) is 0 Å². The van der Waals surface area contributed by atoms with Crippen LogP contribution in [0.25, 0.3) is 0 Å². The number of carbonyl (C=O) groups is 2. The molecule has 1 aliphatic heterocycles. The van der Waals surface area contributed by atoms with E-state index in [1.54, 1.807) is 24.5 Å². The number of nitrogens with zero attached hydrogens (tertiary/aromatic N) is 2. The van der Waals surface area contributed by atoms with E-state index in [1.807, 2.05) is 0 Å². The molecule has 0 radical (unpaired) electrons. The van der Waals surface area contributed by atoms with Crippen molar-refractivity contribution in [1.29, 1.82) is 0 Å². The molecule has 0 atom stereocenters. The second kappa shape index (κ2) is 9.22. The van der Waals surface area contributed by atoms with Crippen LogP contribution < -0.4 is 16.0 Å². The Morgan fingerprint density at radius 2 is 2.08 bits per heavy atom. The molecule has 3 N–H and O–H groups in total. The maximum Gasteiger partial charge on any atom is 0.315 e. The van der Waals surface area contributed by atoms with Crippen LogP contribution >= 0.6 is 0 Å². The number of piperidine rings is 1. The lowest BCUT2D eigenvalue weighted by Crippen LogP contribution is -2.49. The summed E-state index contributed by atoms with van der Waals surface area (Å²) in [6.07, 6.45) is 5.08. The van der Waals surface area contributed by atoms with Gasteiger partial charge in [0, 0.05) is 31.9 Å². The lowest BCUT2D eigenvalue weighted by molar-refractivity contribution is -0.115. The second-order valence-electron chi connectivity index (χ2n) is 6.59. The largest absolute Gasteiger partial charge is 0.335 e. The predicted octanol–water partition coefficient (Wildman–Crippen LogP) is 1.44. The fourth-order valence-electron chi connectivity index (χ4n) is 2.82. The maximum absolute atomic E-state index is 11.9. The van der Waals surface area contributed by atoms with Crippen molar-refractivity contribution in [3.8, 4) is 0 Å². The van der Waals surface area contributed by atoms with E-state index < -0.39 is 0 Å². The molecule has 0 saturated carbocycles. The first-order valence-corrected chi connectivity index (χ1v) is 8.49. The van der Waals surface area contributed by atoms with Crippen LogP contribution in [-0.4, -0.2) is 54.0 Å². The molecular formula is C17H27N5O2. The van der Waals surface area contributed by atoms with E-state index in [0.717, 1.165) is 32.5 Å². The van der Waals surface area contributed by atoms with E-state index in [-0.39, 0.29) is 24.5 Å². The van der Waals surface area contributed by atoms with Gasteiger partial charge in [0.2, 0.25) is 5.91 Å². The van der Waals surface area contributed by atoms with Crippen molar-refractivity contribution in [3.63, 3.8) is 0 Å². The molecular weight excluding hydrogens is 306 g/mol. The number of hydrogen-bond donors (Lipinski definition) is 3. The fourth-order valence-corrected chi connectivity index (χ4v) is 2.82. The summed E-state index contributed by atoms with van der Waals surface area (Å²) < 4.78 is 0. The molecule has 3 amide bonds. The van der Waals surface area contributed by atoms with Gasteiger partial charge >= 0.3 is 6.03 Å². The van der Waals surface area contributed by atoms with Crippen molar-refractivity contribution in [1.82, 2.24) is 20.5 Å². The van der Waals surface area contributed by atoms with E-state index in [4.69, 9.17) is 0 Å². The van der Waals surface area contributed by atoms with Gasteiger partial charge in [-0.1, -0.05) is 13.8 Å². The average molecular weight is 333 g/mol. The Hall–Kier alpha value is -2.15. The first-order chi connectivity index (χ1) is 11.5. The Morgan fingerprint density at radius 1 is 1.33 bits per heavy atom. The van der Waals surface area contributed by atoms with Crippen molar-refractivity contribution in [2.75, 3.05) is 31.5 Å². The Kier molecular flexibility index (Phi) is 6.99. The van der Waals surface area contributed by atoms with Crippen LogP contribution in [-0.2, 0) is 4.79 Å². The summed E-state index contributed by atoms with van der Waals surface area (Å²) in [5.41, 5.74) is 0.613. The highest BCUT2D eigenvalue weighted by Gasteiger charge is 2.21. The molecule has 2 rings (SSSR count). The number of aromatic nitrogens is 1. The number of pyridine rings is 1. The monoisotopic (exact) mass is 333 g/mol. The fraction of sp³-hybridized carbons (Fsp3) is 0.588. The van der Waals surface area contributed by atoms with Crippen LogP contribution in [0.1, 0.15) is 26.7 Å². The van der Waals surface area contributed by atoms with Crippen molar-refractivity contribution >= 4 is 17.6 Å². The summed E-state index contributed by atoms with van der Waals surface area (Å²) >= 11 is 0. The van der Waals surface area contributed by atoms with Crippen LogP contribution in [0.2, 0.25) is 0 Å². The van der Waals surface area contributed by atoms with Crippen LogP contribution in [0.4, 0.5) is 10.5 Å². The number of likely N-dealkylation sites (tertiary alicyclic amines) is 1. The quantitative estimate of drug-likeness (QED) is 0.735. The highest BCUT2D eigenvalue weighted by Crippen LogP contribution is 2.11. The Balaban J connectivity index is 1.62. The van der Waals surface area contributed by atoms with E-state index in [1.165, 1.54) is 0 Å². The molecule has 132 valence electrons. The molecule has 7 heteroatoms. The molecule has 0 unspecified atom stereocenters. The van der Waals surface area contributed by atoms with Gasteiger partial charge in [0.25, 0.3) is 0 Å². The minimum absolute atomic E-state index is 0.0626. The molecule has 2 heterocycles. The van der Waals surface area contributed by atoms with Crippen molar-refractivity contribution < 1.29 is 9.59 Å². The van der Waals surface area contributed by atoms with Gasteiger partial charge in [0.1, 0.15) is 0 Å². The number of urea groups is 1. The van der Waals surface area contributed by atoms with E-state index >= 15 is 0 Å². The minimum atomic E-state index is -0.293. The SMILES string of the molecule is CC(C)CN1CCC(NC(=O)NCC(=O)Nc2cccnc2)CC1. The molecule has 0 spiro atoms. The third kappa shape index (κ3) is 6.54. The molecule has 7 nitrogen and oxygen atoms in total. The third-order valence-corrected chi connectivity index (χ3v) is 3.90. The Morgan fingerprint density at radius 3 is 2.71 bits per heavy atom. The van der Waals surface area contributed by atoms with Crippen LogP contribution in [0.5, 0.6) is 0 Å². The minimum Gasteiger partial charge on any atom is -0.335 e. The number of carbonyl (C=O) groups excluding carboxylic acids is 2. The predicted molar refractivity (Wildman–Crippen MR) is 93.7 cm³/mol. The molecule has 1 saturated heterocycles. The van der Waals surface area contributed by atoms with Crippen molar-refractivity contribution in [2.45, 2.75) is 32.7 Å². The first-order valence-electron chi connectivity index (χ1n) is 8.49. The maximum atomic E-state index is 11.9. The molecule has 24 heavy (non-hydrogen) atoms. The number of hydrogen-bond acceptors (Lipinski definition) is 4. The second-order valence-corrected chi connectivity index (χ2v) is 6.59. The summed E-state index contributed by atoms with van der Waals surface area (Å²) in [5, 5.41) is 8.21. The van der Waals surface area contributed by atoms with Crippen molar-refractivity contribution in [3.05, 3.63) is 24.5 Å². The van der Waals surface area contributed by atoms with Gasteiger partial charge in [-0.2, -0.15) is 0 Å². The standard InChI is InChI=1S/C17H27N5O2/c1-13(2)12-22-8-5-14(6-9-22)21-17(24)19-11-16(23)20-15-4-3-7-18-10-15/h3-4,7,10,13-14H,5-6,8-9,11-12H2,1-2H3,(H,20,23)(H2,19,21,24). The van der Waals surface area contributed by atoms with Gasteiger partial charge in [0.15, 0.2) is 0 Å². The third-order valence-electron chi connectivity index (χ3n) is 3.90. The normalized spacial score (nSPS) is 16.0. The molecule has 1 aliphatic rings. The summed E-state index contributed by atoms with van der Waals surface area (Å²) in [6, 6.07) is 3.37. The van der Waals surface area contributed by atoms with Gasteiger partial charge in [0.05, 0.1) is 18.4 Å². The molecule has 1 aromatic rings. The van der Waals surface area contributed by atoms with Crippen LogP contribution in [0, 0.1) is 5.92 Å². The summed E-state index contributed by atoms with van der Waals surface area (Å²) in [7, 11) is 0. The zero-order chi connectivity index (χ0) is 17.4. The topological polar surface area (TPSA) is 86.4 Å². The summed E-state index contributed by atoms with van der Waals surface area (Å²) in [5.74, 6) is 0.390. The lowest BCUT2D eigenvalue weighted by atomic mass is 10.0. The van der Waals surface area contributed by atoms with Gasteiger partial charge < -0.3 is 20.9 Å². The lowest BCUT2D eigenvalue weighted by Gasteiger charge is -2.33. The number of rotatable bonds is 6. The number of nitrogens with one attached hydrogen (secondary N) is 3. The molecule has 0 bridgehead atoms. The Labute approximate surface area is 143 Å². The highest BCUT2D eigenvalue weighted by molar-refractivity contribution is 5.94. The highest BCUT2D eigenvalue weighted by atomic mass is 16.2. The Bertz CT molecular complexity index is 527. The molecule has 1 aromatic heterocycles. The zero-order valence-electron chi connectivity index (χ0n) is 14.4. The van der Waals surface area contributed by atoms with E-state index in [9.17, 15) is 9.59 Å². The van der Waals surface area contributed by atoms with E-state index in [2.05, 4.69) is 39.7 Å². The molecule has 0 aromatic carbocycles. The van der Waals surface area contributed by atoms with Gasteiger partial charge in [-0.25, -0.2) is 4.79 Å². The van der Waals surface area contributed by atoms with Crippen LogP contribution in [0.15, 0.2) is 24.5 Å². The molecule has 1 fully saturated rings. The summed E-state index contributed by atoms with van der Waals surface area (Å²) in [4.78, 5) is 30.0. The average Bonchev–Trinajstić information content (AvgIpc) is 2.55. The molecule has 0 aliphatic carbocycles. The van der Waals surface area contributed by atoms with Gasteiger partial charge in [-0.3, -0.25) is 9.78 Å². The number of amides is 3. The summed E-state index contributed by atoms with van der Waals surface area (Å²) in [6.45, 7) is 7.48.